The van der Waals surface area contributed by atoms with Crippen LogP contribution in [0.25, 0.3) is 0 Å². The molecule has 2 aromatic carbocycles. The molecule has 0 spiro atoms. The molecule has 0 atom stereocenters. The Labute approximate surface area is 155 Å². The van der Waals surface area contributed by atoms with Gasteiger partial charge in [-0.3, -0.25) is 0 Å². The molecule has 0 amide bonds. The first-order chi connectivity index (χ1) is 11.0. The van der Waals surface area contributed by atoms with Gasteiger partial charge in [0.2, 0.25) is 0 Å². The molecule has 0 radical (unpaired) electrons. The minimum Gasteiger partial charge on any atom is -0.490 e. The number of hydrogen-bond acceptors (Lipinski definition) is 3. The first kappa shape index (κ1) is 18.5. The van der Waals surface area contributed by atoms with Gasteiger partial charge < -0.3 is 14.8 Å². The summed E-state index contributed by atoms with van der Waals surface area (Å²) in [5.41, 5.74) is 0.975. The molecule has 0 aliphatic carbocycles. The van der Waals surface area contributed by atoms with Crippen molar-refractivity contribution < 1.29 is 9.47 Å². The highest BCUT2D eigenvalue weighted by molar-refractivity contribution is 6.40. The van der Waals surface area contributed by atoms with Crippen molar-refractivity contribution in [3.05, 3.63) is 56.0 Å². The zero-order chi connectivity index (χ0) is 16.8. The number of rotatable bonds is 7. The molecule has 2 aromatic rings. The molecule has 0 heterocycles. The third-order valence-electron chi connectivity index (χ3n) is 2.94. The van der Waals surface area contributed by atoms with Gasteiger partial charge in [0.25, 0.3) is 0 Å². The van der Waals surface area contributed by atoms with Crippen LogP contribution in [-0.2, 0) is 6.54 Å². The van der Waals surface area contributed by atoms with Crippen molar-refractivity contribution in [1.82, 2.24) is 5.32 Å². The summed E-state index contributed by atoms with van der Waals surface area (Å²) in [6, 6.07) is 8.63. The number of halogens is 4. The molecule has 124 valence electrons. The predicted octanol–water partition coefficient (Wildman–Crippen LogP) is 5.48. The Morgan fingerprint density at radius 1 is 0.870 bits per heavy atom. The fourth-order valence-corrected chi connectivity index (χ4v) is 3.10. The van der Waals surface area contributed by atoms with Gasteiger partial charge in [0.05, 0.1) is 10.0 Å². The summed E-state index contributed by atoms with van der Waals surface area (Å²) in [4.78, 5) is 0. The summed E-state index contributed by atoms with van der Waals surface area (Å²) in [5, 5.41) is 4.93. The Kier molecular flexibility index (Phi) is 7.12. The normalized spacial score (nSPS) is 10.7. The third kappa shape index (κ3) is 5.33. The molecule has 23 heavy (non-hydrogen) atoms. The number of hydrogen-bond donors (Lipinski definition) is 1. The minimum atomic E-state index is 0.294. The van der Waals surface area contributed by atoms with Gasteiger partial charge in [-0.25, -0.2) is 0 Å². The molecular weight excluding hydrogens is 380 g/mol. The average Bonchev–Trinajstić information content (AvgIpc) is 2.47. The van der Waals surface area contributed by atoms with E-state index in [1.807, 2.05) is 19.2 Å². The Hall–Kier alpha value is -0.840. The van der Waals surface area contributed by atoms with Gasteiger partial charge >= 0.3 is 0 Å². The first-order valence-corrected chi connectivity index (χ1v) is 8.35. The van der Waals surface area contributed by atoms with E-state index in [0.717, 1.165) is 11.3 Å². The molecule has 7 heteroatoms. The molecule has 0 saturated carbocycles. The van der Waals surface area contributed by atoms with Gasteiger partial charge in [-0.05, 0) is 37.4 Å². The van der Waals surface area contributed by atoms with Crippen molar-refractivity contribution in [2.45, 2.75) is 6.54 Å². The van der Waals surface area contributed by atoms with Crippen LogP contribution in [0.5, 0.6) is 11.5 Å². The zero-order valence-electron chi connectivity index (χ0n) is 12.3. The van der Waals surface area contributed by atoms with E-state index < -0.39 is 0 Å². The molecule has 3 nitrogen and oxygen atoms in total. The maximum atomic E-state index is 6.06. The van der Waals surface area contributed by atoms with E-state index in [0.29, 0.717) is 45.6 Å². The lowest BCUT2D eigenvalue weighted by Gasteiger charge is -2.13. The molecule has 0 fully saturated rings. The van der Waals surface area contributed by atoms with Gasteiger partial charge in [0.15, 0.2) is 5.75 Å². The molecule has 0 bridgehead atoms. The van der Waals surface area contributed by atoms with E-state index in [-0.39, 0.29) is 0 Å². The van der Waals surface area contributed by atoms with Crippen molar-refractivity contribution >= 4 is 46.4 Å². The zero-order valence-corrected chi connectivity index (χ0v) is 15.4. The van der Waals surface area contributed by atoms with Gasteiger partial charge in [0, 0.05) is 22.2 Å². The molecule has 0 unspecified atom stereocenters. The molecule has 0 aliphatic heterocycles. The lowest BCUT2D eigenvalue weighted by atomic mass is 10.2. The SMILES string of the molecule is CNCc1cc(Cl)ccc1OCCOc1c(Cl)cc(Cl)cc1Cl. The summed E-state index contributed by atoms with van der Waals surface area (Å²) in [7, 11) is 1.86. The van der Waals surface area contributed by atoms with Crippen LogP contribution in [0.1, 0.15) is 5.56 Å². The van der Waals surface area contributed by atoms with Crippen LogP contribution >= 0.6 is 46.4 Å². The second-order valence-corrected chi connectivity index (χ2v) is 6.37. The Morgan fingerprint density at radius 3 is 2.17 bits per heavy atom. The molecule has 1 N–H and O–H groups in total. The highest BCUT2D eigenvalue weighted by Gasteiger charge is 2.10. The van der Waals surface area contributed by atoms with Crippen molar-refractivity contribution in [2.75, 3.05) is 20.3 Å². The molecular formula is C16H15Cl4NO2. The highest BCUT2D eigenvalue weighted by atomic mass is 35.5. The van der Waals surface area contributed by atoms with E-state index in [1.54, 1.807) is 18.2 Å². The third-order valence-corrected chi connectivity index (χ3v) is 3.95. The lowest BCUT2D eigenvalue weighted by molar-refractivity contribution is 0.216. The molecule has 0 saturated heterocycles. The Balaban J connectivity index is 1.94. The van der Waals surface area contributed by atoms with Gasteiger partial charge in [-0.2, -0.15) is 0 Å². The fourth-order valence-electron chi connectivity index (χ4n) is 1.98. The van der Waals surface area contributed by atoms with Crippen molar-refractivity contribution in [1.29, 1.82) is 0 Å². The predicted molar refractivity (Wildman–Crippen MR) is 96.7 cm³/mol. The van der Waals surface area contributed by atoms with Crippen LogP contribution in [0.4, 0.5) is 0 Å². The van der Waals surface area contributed by atoms with Crippen LogP contribution < -0.4 is 14.8 Å². The summed E-state index contributed by atoms with van der Waals surface area (Å²) >= 11 is 24.0. The number of nitrogens with one attached hydrogen (secondary N) is 1. The van der Waals surface area contributed by atoms with Crippen LogP contribution in [-0.4, -0.2) is 20.3 Å². The van der Waals surface area contributed by atoms with Crippen molar-refractivity contribution in [3.63, 3.8) is 0 Å². The average molecular weight is 395 g/mol. The minimum absolute atomic E-state index is 0.294. The Morgan fingerprint density at radius 2 is 1.52 bits per heavy atom. The maximum Gasteiger partial charge on any atom is 0.156 e. The monoisotopic (exact) mass is 393 g/mol. The van der Waals surface area contributed by atoms with Gasteiger partial charge in [-0.15, -0.1) is 0 Å². The van der Waals surface area contributed by atoms with E-state index >= 15 is 0 Å². The first-order valence-electron chi connectivity index (χ1n) is 6.84. The molecule has 0 aliphatic rings. The van der Waals surface area contributed by atoms with Crippen LogP contribution in [0.3, 0.4) is 0 Å². The van der Waals surface area contributed by atoms with E-state index in [2.05, 4.69) is 5.32 Å². The maximum absolute atomic E-state index is 6.06. The van der Waals surface area contributed by atoms with Crippen LogP contribution in [0.15, 0.2) is 30.3 Å². The summed E-state index contributed by atoms with van der Waals surface area (Å²) < 4.78 is 11.3. The fraction of sp³-hybridized carbons (Fsp3) is 0.250. The van der Waals surface area contributed by atoms with Crippen LogP contribution in [0, 0.1) is 0 Å². The van der Waals surface area contributed by atoms with E-state index in [4.69, 9.17) is 55.9 Å². The van der Waals surface area contributed by atoms with E-state index in [9.17, 15) is 0 Å². The second kappa shape index (κ2) is 8.86. The highest BCUT2D eigenvalue weighted by Crippen LogP contribution is 2.35. The summed E-state index contributed by atoms with van der Waals surface area (Å²) in [6.07, 6.45) is 0. The standard InChI is InChI=1S/C16H15Cl4NO2/c1-21-9-10-6-11(17)2-3-15(10)22-4-5-23-16-13(19)7-12(18)8-14(16)20/h2-3,6-8,21H,4-5,9H2,1H3. The Bertz CT molecular complexity index is 656. The van der Waals surface area contributed by atoms with Gasteiger partial charge in [0.1, 0.15) is 19.0 Å². The summed E-state index contributed by atoms with van der Waals surface area (Å²) in [6.45, 7) is 1.29. The quantitative estimate of drug-likeness (QED) is 0.631. The molecule has 0 aromatic heterocycles. The van der Waals surface area contributed by atoms with Crippen molar-refractivity contribution in [2.24, 2.45) is 0 Å². The second-order valence-electron chi connectivity index (χ2n) is 4.68. The number of benzene rings is 2. The lowest BCUT2D eigenvalue weighted by Crippen LogP contribution is -2.12. The van der Waals surface area contributed by atoms with Crippen molar-refractivity contribution in [3.8, 4) is 11.5 Å². The van der Waals surface area contributed by atoms with Crippen LogP contribution in [0.2, 0.25) is 20.1 Å². The number of ether oxygens (including phenoxy) is 2. The smallest absolute Gasteiger partial charge is 0.156 e. The topological polar surface area (TPSA) is 30.5 Å². The largest absolute Gasteiger partial charge is 0.490 e. The molecule has 2 rings (SSSR count). The summed E-state index contributed by atoms with van der Waals surface area (Å²) in [5.74, 6) is 1.15. The van der Waals surface area contributed by atoms with E-state index in [1.165, 1.54) is 0 Å². The van der Waals surface area contributed by atoms with Gasteiger partial charge in [-0.1, -0.05) is 46.4 Å².